The highest BCUT2D eigenvalue weighted by atomic mass is 16.2. The maximum absolute atomic E-state index is 12.2. The number of rotatable bonds is 3. The van der Waals surface area contributed by atoms with Gasteiger partial charge < -0.3 is 15.5 Å². The molecule has 0 spiro atoms. The molecule has 124 valence electrons. The van der Waals surface area contributed by atoms with Crippen molar-refractivity contribution in [1.29, 1.82) is 0 Å². The summed E-state index contributed by atoms with van der Waals surface area (Å²) in [5.74, 6) is 0.635. The number of likely N-dealkylation sites (tertiary alicyclic amines) is 1. The molecule has 0 aromatic rings. The van der Waals surface area contributed by atoms with E-state index in [1.807, 2.05) is 4.90 Å². The van der Waals surface area contributed by atoms with Gasteiger partial charge in [-0.3, -0.25) is 4.79 Å². The lowest BCUT2D eigenvalue weighted by Crippen LogP contribution is -2.52. The molecular formula is C17H29N3O2. The van der Waals surface area contributed by atoms with Crippen LogP contribution in [0.25, 0.3) is 0 Å². The Hall–Kier alpha value is -1.26. The van der Waals surface area contributed by atoms with Crippen molar-refractivity contribution in [1.82, 2.24) is 15.5 Å². The van der Waals surface area contributed by atoms with E-state index in [2.05, 4.69) is 10.6 Å². The van der Waals surface area contributed by atoms with Crippen molar-refractivity contribution in [2.45, 2.75) is 76.3 Å². The fourth-order valence-electron chi connectivity index (χ4n) is 3.82. The molecule has 0 aromatic carbocycles. The van der Waals surface area contributed by atoms with Crippen molar-refractivity contribution in [3.63, 3.8) is 0 Å². The van der Waals surface area contributed by atoms with Crippen molar-refractivity contribution in [3.8, 4) is 0 Å². The first-order valence-corrected chi connectivity index (χ1v) is 9.08. The molecule has 0 unspecified atom stereocenters. The van der Waals surface area contributed by atoms with E-state index in [4.69, 9.17) is 0 Å². The fourth-order valence-corrected chi connectivity index (χ4v) is 3.82. The van der Waals surface area contributed by atoms with Crippen LogP contribution in [-0.2, 0) is 4.79 Å². The van der Waals surface area contributed by atoms with Gasteiger partial charge in [0, 0.05) is 31.1 Å². The topological polar surface area (TPSA) is 61.4 Å². The molecule has 2 aliphatic carbocycles. The third kappa shape index (κ3) is 3.93. The highest BCUT2D eigenvalue weighted by molar-refractivity contribution is 5.79. The van der Waals surface area contributed by atoms with Gasteiger partial charge in [0.15, 0.2) is 0 Å². The first kappa shape index (κ1) is 15.6. The van der Waals surface area contributed by atoms with Crippen LogP contribution in [0.2, 0.25) is 0 Å². The van der Waals surface area contributed by atoms with Crippen LogP contribution in [-0.4, -0.2) is 42.0 Å². The normalized spacial score (nSPS) is 24.6. The molecule has 3 amide bonds. The summed E-state index contributed by atoms with van der Waals surface area (Å²) in [7, 11) is 0. The highest BCUT2D eigenvalue weighted by Gasteiger charge is 2.32. The molecule has 5 heteroatoms. The average molecular weight is 307 g/mol. The van der Waals surface area contributed by atoms with Crippen LogP contribution < -0.4 is 10.6 Å². The third-order valence-electron chi connectivity index (χ3n) is 5.54. The summed E-state index contributed by atoms with van der Waals surface area (Å²) < 4.78 is 0. The van der Waals surface area contributed by atoms with Gasteiger partial charge in [-0.1, -0.05) is 25.7 Å². The third-order valence-corrected chi connectivity index (χ3v) is 5.54. The van der Waals surface area contributed by atoms with E-state index >= 15 is 0 Å². The zero-order valence-electron chi connectivity index (χ0n) is 13.5. The van der Waals surface area contributed by atoms with Gasteiger partial charge in [0.05, 0.1) is 0 Å². The monoisotopic (exact) mass is 307 g/mol. The quantitative estimate of drug-likeness (QED) is 0.841. The molecule has 2 saturated carbocycles. The van der Waals surface area contributed by atoms with Gasteiger partial charge in [0.25, 0.3) is 0 Å². The minimum atomic E-state index is -0.0179. The summed E-state index contributed by atoms with van der Waals surface area (Å²) >= 11 is 0. The molecule has 1 saturated heterocycles. The Labute approximate surface area is 133 Å². The Morgan fingerprint density at radius 3 is 1.86 bits per heavy atom. The molecule has 5 nitrogen and oxygen atoms in total. The summed E-state index contributed by atoms with van der Waals surface area (Å²) in [6.45, 7) is 1.59. The van der Waals surface area contributed by atoms with Gasteiger partial charge in [-0.15, -0.1) is 0 Å². The number of urea groups is 1. The number of hydrogen-bond donors (Lipinski definition) is 2. The minimum Gasteiger partial charge on any atom is -0.342 e. The van der Waals surface area contributed by atoms with Crippen LogP contribution >= 0.6 is 0 Å². The van der Waals surface area contributed by atoms with Crippen molar-refractivity contribution >= 4 is 11.9 Å². The van der Waals surface area contributed by atoms with Gasteiger partial charge in [0.2, 0.25) is 5.91 Å². The van der Waals surface area contributed by atoms with E-state index in [9.17, 15) is 9.59 Å². The number of amides is 3. The summed E-state index contributed by atoms with van der Waals surface area (Å²) in [6.07, 6.45) is 11.1. The number of carbonyl (C=O) groups is 2. The maximum Gasteiger partial charge on any atom is 0.315 e. The molecule has 3 aliphatic rings. The number of hydrogen-bond acceptors (Lipinski definition) is 2. The predicted octanol–water partition coefficient (Wildman–Crippen LogP) is 2.41. The standard InChI is InChI=1S/C17H29N3O2/c21-16(13-5-4-6-13)20-11-9-15(10-12-20)19-17(22)18-14-7-2-1-3-8-14/h13-15H,1-12H2,(H2,18,19,22). The van der Waals surface area contributed by atoms with Gasteiger partial charge in [-0.05, 0) is 38.5 Å². The van der Waals surface area contributed by atoms with Gasteiger partial charge in [0.1, 0.15) is 0 Å². The Bertz CT molecular complexity index is 395. The molecule has 22 heavy (non-hydrogen) atoms. The Balaban J connectivity index is 1.36. The lowest BCUT2D eigenvalue weighted by atomic mass is 9.84. The second-order valence-electron chi connectivity index (χ2n) is 7.18. The van der Waals surface area contributed by atoms with E-state index < -0.39 is 0 Å². The Morgan fingerprint density at radius 1 is 0.727 bits per heavy atom. The molecular weight excluding hydrogens is 278 g/mol. The molecule has 3 fully saturated rings. The average Bonchev–Trinajstić information content (AvgIpc) is 2.47. The maximum atomic E-state index is 12.2. The first-order chi connectivity index (χ1) is 10.7. The van der Waals surface area contributed by atoms with Gasteiger partial charge >= 0.3 is 6.03 Å². The molecule has 0 aromatic heterocycles. The SMILES string of the molecule is O=C(NC1CCCCC1)NC1CCN(C(=O)C2CCC2)CC1. The van der Waals surface area contributed by atoms with Crippen LogP contribution in [0.5, 0.6) is 0 Å². The zero-order valence-corrected chi connectivity index (χ0v) is 13.5. The molecule has 1 aliphatic heterocycles. The van der Waals surface area contributed by atoms with Crippen LogP contribution in [0.1, 0.15) is 64.2 Å². The van der Waals surface area contributed by atoms with Crippen LogP contribution in [0.15, 0.2) is 0 Å². The Morgan fingerprint density at radius 2 is 1.32 bits per heavy atom. The lowest BCUT2D eigenvalue weighted by molar-refractivity contribution is -0.139. The summed E-state index contributed by atoms with van der Waals surface area (Å²) in [4.78, 5) is 26.3. The predicted molar refractivity (Wildman–Crippen MR) is 85.5 cm³/mol. The van der Waals surface area contributed by atoms with Crippen molar-refractivity contribution in [2.24, 2.45) is 5.92 Å². The molecule has 0 bridgehead atoms. The zero-order chi connectivity index (χ0) is 15.4. The molecule has 0 radical (unpaired) electrons. The van der Waals surface area contributed by atoms with E-state index in [0.29, 0.717) is 17.9 Å². The Kier molecular flexibility index (Phi) is 5.21. The number of carbonyl (C=O) groups excluding carboxylic acids is 2. The smallest absolute Gasteiger partial charge is 0.315 e. The molecule has 2 N–H and O–H groups in total. The van der Waals surface area contributed by atoms with Gasteiger partial charge in [-0.2, -0.15) is 0 Å². The van der Waals surface area contributed by atoms with E-state index in [-0.39, 0.29) is 12.1 Å². The number of nitrogens with zero attached hydrogens (tertiary/aromatic N) is 1. The summed E-state index contributed by atoms with van der Waals surface area (Å²) in [5, 5.41) is 6.20. The molecule has 3 rings (SSSR count). The largest absolute Gasteiger partial charge is 0.342 e. The van der Waals surface area contributed by atoms with Crippen molar-refractivity contribution in [2.75, 3.05) is 13.1 Å². The second-order valence-corrected chi connectivity index (χ2v) is 7.18. The van der Waals surface area contributed by atoms with E-state index in [1.165, 1.54) is 25.7 Å². The van der Waals surface area contributed by atoms with Crippen molar-refractivity contribution < 1.29 is 9.59 Å². The van der Waals surface area contributed by atoms with E-state index in [0.717, 1.165) is 51.6 Å². The summed E-state index contributed by atoms with van der Waals surface area (Å²) in [5.41, 5.74) is 0. The fraction of sp³-hybridized carbons (Fsp3) is 0.882. The second kappa shape index (κ2) is 7.34. The highest BCUT2D eigenvalue weighted by Crippen LogP contribution is 2.29. The van der Waals surface area contributed by atoms with Crippen molar-refractivity contribution in [3.05, 3.63) is 0 Å². The number of piperidine rings is 1. The minimum absolute atomic E-state index is 0.0179. The van der Waals surface area contributed by atoms with Crippen LogP contribution in [0, 0.1) is 5.92 Å². The molecule has 0 atom stereocenters. The van der Waals surface area contributed by atoms with Crippen LogP contribution in [0.3, 0.4) is 0 Å². The lowest BCUT2D eigenvalue weighted by Gasteiger charge is -2.37. The first-order valence-electron chi connectivity index (χ1n) is 9.08. The van der Waals surface area contributed by atoms with Gasteiger partial charge in [-0.25, -0.2) is 4.79 Å². The molecule has 1 heterocycles. The van der Waals surface area contributed by atoms with E-state index in [1.54, 1.807) is 0 Å². The summed E-state index contributed by atoms with van der Waals surface area (Å²) in [6, 6.07) is 0.554. The van der Waals surface area contributed by atoms with Crippen LogP contribution in [0.4, 0.5) is 4.79 Å². The number of nitrogens with one attached hydrogen (secondary N) is 2.